The maximum absolute atomic E-state index is 13.5. The molecule has 2 aromatic rings. The van der Waals surface area contributed by atoms with E-state index in [2.05, 4.69) is 27.4 Å². The molecular formula is C26H37N5O4. The van der Waals surface area contributed by atoms with Crippen molar-refractivity contribution in [3.63, 3.8) is 0 Å². The summed E-state index contributed by atoms with van der Waals surface area (Å²) >= 11 is 0. The van der Waals surface area contributed by atoms with Gasteiger partial charge in [0.05, 0.1) is 18.2 Å². The van der Waals surface area contributed by atoms with Crippen LogP contribution in [0, 0.1) is 5.92 Å². The van der Waals surface area contributed by atoms with Crippen molar-refractivity contribution in [2.75, 3.05) is 32.1 Å². The van der Waals surface area contributed by atoms with Crippen molar-refractivity contribution < 1.29 is 19.4 Å². The highest BCUT2D eigenvalue weighted by molar-refractivity contribution is 5.99. The van der Waals surface area contributed by atoms with Gasteiger partial charge in [-0.15, -0.1) is 0 Å². The molecule has 3 rings (SSSR count). The van der Waals surface area contributed by atoms with Crippen LogP contribution < -0.4 is 15.4 Å². The Hall–Kier alpha value is -3.17. The Morgan fingerprint density at radius 2 is 1.97 bits per heavy atom. The molecule has 0 radical (unpaired) electrons. The van der Waals surface area contributed by atoms with Crippen LogP contribution in [0.3, 0.4) is 0 Å². The van der Waals surface area contributed by atoms with Gasteiger partial charge in [-0.3, -0.25) is 14.7 Å². The van der Waals surface area contributed by atoms with Crippen LogP contribution in [-0.2, 0) is 6.54 Å². The Morgan fingerprint density at radius 1 is 1.26 bits per heavy atom. The zero-order chi connectivity index (χ0) is 25.5. The fraction of sp³-hybridized carbons (Fsp3) is 0.500. The zero-order valence-electron chi connectivity index (χ0n) is 21.2. The maximum Gasteiger partial charge on any atom is 0.319 e. The summed E-state index contributed by atoms with van der Waals surface area (Å²) in [5, 5.41) is 15.4. The van der Waals surface area contributed by atoms with E-state index in [9.17, 15) is 14.7 Å². The van der Waals surface area contributed by atoms with Crippen molar-refractivity contribution in [1.29, 1.82) is 0 Å². The molecule has 1 aliphatic rings. The number of amides is 3. The van der Waals surface area contributed by atoms with Crippen molar-refractivity contribution in [2.45, 2.75) is 52.4 Å². The fourth-order valence-corrected chi connectivity index (χ4v) is 4.12. The maximum atomic E-state index is 13.5. The molecule has 0 fully saturated rings. The summed E-state index contributed by atoms with van der Waals surface area (Å²) < 4.78 is 6.42. The number of likely N-dealkylation sites (N-methyl/N-ethyl adjacent to an activating group) is 1. The summed E-state index contributed by atoms with van der Waals surface area (Å²) in [7, 11) is 2.04. The van der Waals surface area contributed by atoms with E-state index in [1.165, 1.54) is 0 Å². The Bertz CT molecular complexity index is 1000. The minimum atomic E-state index is -0.355. The molecule has 0 saturated carbocycles. The first-order valence-electron chi connectivity index (χ1n) is 12.1. The monoisotopic (exact) mass is 483 g/mol. The van der Waals surface area contributed by atoms with E-state index < -0.39 is 0 Å². The highest BCUT2D eigenvalue weighted by Gasteiger charge is 2.33. The smallest absolute Gasteiger partial charge is 0.319 e. The average molecular weight is 484 g/mol. The zero-order valence-corrected chi connectivity index (χ0v) is 21.2. The summed E-state index contributed by atoms with van der Waals surface area (Å²) in [5.74, 6) is 0.259. The molecule has 9 nitrogen and oxygen atoms in total. The van der Waals surface area contributed by atoms with Crippen molar-refractivity contribution in [3.8, 4) is 5.75 Å². The molecule has 0 aliphatic carbocycles. The Morgan fingerprint density at radius 3 is 2.63 bits per heavy atom. The van der Waals surface area contributed by atoms with Gasteiger partial charge in [-0.25, -0.2) is 4.79 Å². The second-order valence-corrected chi connectivity index (χ2v) is 9.64. The second-order valence-electron chi connectivity index (χ2n) is 9.64. The van der Waals surface area contributed by atoms with Crippen LogP contribution in [-0.4, -0.2) is 76.8 Å². The number of rotatable bonds is 8. The number of hydrogen-bond donors (Lipinski definition) is 3. The van der Waals surface area contributed by atoms with E-state index in [0.29, 0.717) is 30.1 Å². The third-order valence-corrected chi connectivity index (χ3v) is 6.04. The predicted octanol–water partition coefficient (Wildman–Crippen LogP) is 2.96. The van der Waals surface area contributed by atoms with Gasteiger partial charge in [0.2, 0.25) is 0 Å². The number of hydrogen-bond acceptors (Lipinski definition) is 6. The molecule has 1 aliphatic heterocycles. The van der Waals surface area contributed by atoms with E-state index in [1.807, 2.05) is 40.0 Å². The molecule has 0 unspecified atom stereocenters. The lowest BCUT2D eigenvalue weighted by Crippen LogP contribution is -2.49. The Kier molecular flexibility index (Phi) is 9.06. The van der Waals surface area contributed by atoms with Crippen LogP contribution >= 0.6 is 0 Å². The molecule has 1 aromatic heterocycles. The number of fused-ring (bicyclic) bond motifs is 1. The third kappa shape index (κ3) is 7.16. The molecule has 0 saturated heterocycles. The molecular weight excluding hydrogens is 446 g/mol. The molecule has 2 heterocycles. The number of aliphatic hydroxyl groups excluding tert-OH is 1. The van der Waals surface area contributed by atoms with Crippen LogP contribution in [0.2, 0.25) is 0 Å². The molecule has 3 N–H and O–H groups in total. The molecule has 190 valence electrons. The summed E-state index contributed by atoms with van der Waals surface area (Å²) in [6, 6.07) is 8.36. The Labute approximate surface area is 207 Å². The number of urea groups is 1. The molecule has 3 amide bonds. The van der Waals surface area contributed by atoms with E-state index in [-0.39, 0.29) is 42.7 Å². The predicted molar refractivity (Wildman–Crippen MR) is 135 cm³/mol. The largest absolute Gasteiger partial charge is 0.488 e. The SMILES string of the molecule is CC(C)NC(=O)Nc1ccc2c(c1)C(=O)N([C@H](C)CO)C[C@H](C)[C@H](CN(C)Cc1ccncc1)O2. The number of carbonyl (C=O) groups excluding carboxylic acids is 2. The molecule has 9 heteroatoms. The number of ether oxygens (including phenoxy) is 1. The van der Waals surface area contributed by atoms with E-state index in [0.717, 1.165) is 12.1 Å². The molecule has 35 heavy (non-hydrogen) atoms. The van der Waals surface area contributed by atoms with Gasteiger partial charge in [-0.05, 0) is 63.7 Å². The van der Waals surface area contributed by atoms with Crippen LogP contribution in [0.4, 0.5) is 10.5 Å². The highest BCUT2D eigenvalue weighted by Crippen LogP contribution is 2.30. The molecule has 0 spiro atoms. The first-order valence-corrected chi connectivity index (χ1v) is 12.1. The van der Waals surface area contributed by atoms with Gasteiger partial charge >= 0.3 is 6.03 Å². The normalized spacial score (nSPS) is 19.0. The lowest BCUT2D eigenvalue weighted by molar-refractivity contribution is 0.0341. The second kappa shape index (κ2) is 12.0. The molecule has 1 aromatic carbocycles. The van der Waals surface area contributed by atoms with Crippen molar-refractivity contribution in [3.05, 3.63) is 53.9 Å². The molecule has 0 bridgehead atoms. The fourth-order valence-electron chi connectivity index (χ4n) is 4.12. The Balaban J connectivity index is 1.87. The van der Waals surface area contributed by atoms with Gasteiger partial charge in [0.25, 0.3) is 5.91 Å². The van der Waals surface area contributed by atoms with Gasteiger partial charge in [0.15, 0.2) is 0 Å². The first kappa shape index (κ1) is 26.4. The number of pyridine rings is 1. The number of benzene rings is 1. The number of nitrogens with zero attached hydrogens (tertiary/aromatic N) is 3. The minimum Gasteiger partial charge on any atom is -0.488 e. The van der Waals surface area contributed by atoms with Gasteiger partial charge in [0, 0.05) is 49.7 Å². The number of anilines is 1. The van der Waals surface area contributed by atoms with Crippen LogP contribution in [0.5, 0.6) is 5.75 Å². The van der Waals surface area contributed by atoms with Crippen LogP contribution in [0.1, 0.15) is 43.6 Å². The quantitative estimate of drug-likeness (QED) is 0.533. The summed E-state index contributed by atoms with van der Waals surface area (Å²) in [5.41, 5.74) is 2.01. The summed E-state index contributed by atoms with van der Waals surface area (Å²) in [6.45, 7) is 9.33. The molecule has 3 atom stereocenters. The number of nitrogens with one attached hydrogen (secondary N) is 2. The lowest BCUT2D eigenvalue weighted by Gasteiger charge is -2.38. The van der Waals surface area contributed by atoms with Gasteiger partial charge in [0.1, 0.15) is 11.9 Å². The van der Waals surface area contributed by atoms with Gasteiger partial charge < -0.3 is 25.4 Å². The van der Waals surface area contributed by atoms with Crippen molar-refractivity contribution >= 4 is 17.6 Å². The lowest BCUT2D eigenvalue weighted by atomic mass is 9.99. The number of aliphatic hydroxyl groups is 1. The minimum absolute atomic E-state index is 0.0171. The standard InChI is InChI=1S/C26H37N5O4/c1-17(2)28-26(34)29-21-6-7-23-22(12-21)25(33)31(19(4)16-32)13-18(3)24(35-23)15-30(5)14-20-8-10-27-11-9-20/h6-12,17-19,24,32H,13-16H2,1-5H3,(H2,28,29,34)/t18-,19+,24-/m0/s1. The van der Waals surface area contributed by atoms with Crippen LogP contribution in [0.25, 0.3) is 0 Å². The first-order chi connectivity index (χ1) is 16.7. The number of carbonyl (C=O) groups is 2. The number of aromatic nitrogens is 1. The summed E-state index contributed by atoms with van der Waals surface area (Å²) in [4.78, 5) is 33.7. The third-order valence-electron chi connectivity index (χ3n) is 6.04. The van der Waals surface area contributed by atoms with E-state index in [4.69, 9.17) is 4.74 Å². The topological polar surface area (TPSA) is 107 Å². The van der Waals surface area contributed by atoms with Crippen molar-refractivity contribution in [2.24, 2.45) is 5.92 Å². The van der Waals surface area contributed by atoms with E-state index in [1.54, 1.807) is 35.5 Å². The van der Waals surface area contributed by atoms with E-state index >= 15 is 0 Å². The van der Waals surface area contributed by atoms with Gasteiger partial charge in [-0.2, -0.15) is 0 Å². The van der Waals surface area contributed by atoms with Gasteiger partial charge in [-0.1, -0.05) is 6.92 Å². The highest BCUT2D eigenvalue weighted by atomic mass is 16.5. The van der Waals surface area contributed by atoms with Crippen molar-refractivity contribution in [1.82, 2.24) is 20.1 Å². The summed E-state index contributed by atoms with van der Waals surface area (Å²) in [6.07, 6.45) is 3.37. The van der Waals surface area contributed by atoms with Crippen LogP contribution in [0.15, 0.2) is 42.7 Å². The average Bonchev–Trinajstić information content (AvgIpc) is 2.81.